The van der Waals surface area contributed by atoms with Crippen molar-refractivity contribution in [3.8, 4) is 0 Å². The van der Waals surface area contributed by atoms with Crippen LogP contribution < -0.4 is 0 Å². The van der Waals surface area contributed by atoms with E-state index in [-0.39, 0.29) is 0 Å². The van der Waals surface area contributed by atoms with E-state index in [1.165, 1.54) is 0 Å². The largest absolute Gasteiger partial charge is 0.298 e. The quantitative estimate of drug-likeness (QED) is 0.475. The highest BCUT2D eigenvalue weighted by atomic mass is 35.5. The van der Waals surface area contributed by atoms with Crippen molar-refractivity contribution in [2.24, 2.45) is 5.41 Å². The third kappa shape index (κ3) is 2.80. The maximum absolute atomic E-state index is 6.16. The Morgan fingerprint density at radius 3 is 2.83 bits per heavy atom. The summed E-state index contributed by atoms with van der Waals surface area (Å²) in [6.45, 7) is 11.4. The van der Waals surface area contributed by atoms with Crippen molar-refractivity contribution in [2.45, 2.75) is 25.6 Å². The molecule has 1 aliphatic rings. The predicted octanol–water partition coefficient (Wildman–Crippen LogP) is 2.51. The van der Waals surface area contributed by atoms with Crippen LogP contribution >= 0.6 is 11.6 Å². The van der Waals surface area contributed by atoms with Gasteiger partial charge in [-0.15, -0.1) is 18.2 Å². The summed E-state index contributed by atoms with van der Waals surface area (Å²) in [7, 11) is 0. The standard InChI is InChI=1S/C10H18ClN/c1-4-5-12-7-9(11)6-10(2,3)8-12/h4,9H,1,5-8H2,2-3H3/t9-/m1/s1. The topological polar surface area (TPSA) is 3.24 Å². The normalized spacial score (nSPS) is 30.1. The van der Waals surface area contributed by atoms with Gasteiger partial charge in [-0.05, 0) is 11.8 Å². The minimum Gasteiger partial charge on any atom is -0.298 e. The van der Waals surface area contributed by atoms with Crippen molar-refractivity contribution in [2.75, 3.05) is 19.6 Å². The van der Waals surface area contributed by atoms with Gasteiger partial charge in [0.15, 0.2) is 0 Å². The molecule has 12 heavy (non-hydrogen) atoms. The van der Waals surface area contributed by atoms with E-state index < -0.39 is 0 Å². The lowest BCUT2D eigenvalue weighted by Gasteiger charge is -2.40. The summed E-state index contributed by atoms with van der Waals surface area (Å²) >= 11 is 6.16. The van der Waals surface area contributed by atoms with Crippen LogP contribution in [0, 0.1) is 5.41 Å². The zero-order valence-electron chi connectivity index (χ0n) is 8.02. The van der Waals surface area contributed by atoms with E-state index in [4.69, 9.17) is 11.6 Å². The summed E-state index contributed by atoms with van der Waals surface area (Å²) in [6, 6.07) is 0. The number of hydrogen-bond acceptors (Lipinski definition) is 1. The fourth-order valence-electron chi connectivity index (χ4n) is 2.00. The van der Waals surface area contributed by atoms with Gasteiger partial charge in [-0.2, -0.15) is 0 Å². The van der Waals surface area contributed by atoms with E-state index in [1.807, 2.05) is 6.08 Å². The van der Waals surface area contributed by atoms with Gasteiger partial charge in [-0.3, -0.25) is 4.90 Å². The van der Waals surface area contributed by atoms with Crippen LogP contribution in [-0.4, -0.2) is 29.9 Å². The van der Waals surface area contributed by atoms with Crippen molar-refractivity contribution in [3.05, 3.63) is 12.7 Å². The molecule has 1 heterocycles. The average molecular weight is 188 g/mol. The first kappa shape index (κ1) is 10.1. The fourth-order valence-corrected chi connectivity index (χ4v) is 2.61. The van der Waals surface area contributed by atoms with Gasteiger partial charge in [0, 0.05) is 25.0 Å². The van der Waals surface area contributed by atoms with Gasteiger partial charge in [0.2, 0.25) is 0 Å². The molecule has 0 aliphatic carbocycles. The highest BCUT2D eigenvalue weighted by Crippen LogP contribution is 2.30. The van der Waals surface area contributed by atoms with Crippen LogP contribution in [-0.2, 0) is 0 Å². The number of likely N-dealkylation sites (tertiary alicyclic amines) is 1. The second-order valence-electron chi connectivity index (χ2n) is 4.45. The maximum Gasteiger partial charge on any atom is 0.0468 e. The minimum atomic E-state index is 0.314. The fraction of sp³-hybridized carbons (Fsp3) is 0.800. The number of alkyl halides is 1. The first-order valence-electron chi connectivity index (χ1n) is 4.51. The van der Waals surface area contributed by atoms with E-state index in [0.29, 0.717) is 10.8 Å². The molecule has 0 aromatic heterocycles. The van der Waals surface area contributed by atoms with Crippen LogP contribution in [0.4, 0.5) is 0 Å². The lowest BCUT2D eigenvalue weighted by atomic mass is 9.84. The Morgan fingerprint density at radius 1 is 1.67 bits per heavy atom. The first-order valence-corrected chi connectivity index (χ1v) is 4.94. The molecule has 0 unspecified atom stereocenters. The van der Waals surface area contributed by atoms with Crippen LogP contribution in [0.5, 0.6) is 0 Å². The molecule has 1 atom stereocenters. The average Bonchev–Trinajstić information content (AvgIpc) is 1.82. The molecule has 2 heteroatoms. The molecule has 1 fully saturated rings. The number of nitrogens with zero attached hydrogens (tertiary/aromatic N) is 1. The third-order valence-corrected chi connectivity index (χ3v) is 2.56. The molecule has 1 nitrogen and oxygen atoms in total. The molecule has 0 aromatic carbocycles. The van der Waals surface area contributed by atoms with Crippen LogP contribution in [0.2, 0.25) is 0 Å². The van der Waals surface area contributed by atoms with Gasteiger partial charge in [0.05, 0.1) is 0 Å². The number of piperidine rings is 1. The van der Waals surface area contributed by atoms with E-state index in [1.54, 1.807) is 0 Å². The zero-order valence-corrected chi connectivity index (χ0v) is 8.77. The SMILES string of the molecule is C=CCN1C[C@H](Cl)CC(C)(C)C1. The van der Waals surface area contributed by atoms with E-state index in [0.717, 1.165) is 26.1 Å². The van der Waals surface area contributed by atoms with Crippen molar-refractivity contribution in [3.63, 3.8) is 0 Å². The van der Waals surface area contributed by atoms with E-state index in [2.05, 4.69) is 25.3 Å². The maximum atomic E-state index is 6.16. The second-order valence-corrected chi connectivity index (χ2v) is 5.07. The molecule has 0 bridgehead atoms. The lowest BCUT2D eigenvalue weighted by molar-refractivity contribution is 0.133. The summed E-state index contributed by atoms with van der Waals surface area (Å²) in [4.78, 5) is 2.37. The van der Waals surface area contributed by atoms with Crippen molar-refractivity contribution < 1.29 is 0 Å². The van der Waals surface area contributed by atoms with E-state index in [9.17, 15) is 0 Å². The van der Waals surface area contributed by atoms with Gasteiger partial charge in [-0.1, -0.05) is 19.9 Å². The molecule has 0 saturated carbocycles. The summed E-state index contributed by atoms with van der Waals surface area (Å²) in [5.41, 5.74) is 0.369. The predicted molar refractivity (Wildman–Crippen MR) is 54.7 cm³/mol. The summed E-state index contributed by atoms with van der Waals surface area (Å²) < 4.78 is 0. The molecule has 0 aromatic rings. The van der Waals surface area contributed by atoms with Crippen molar-refractivity contribution >= 4 is 11.6 Å². The Labute approximate surface area is 80.4 Å². The van der Waals surface area contributed by atoms with Gasteiger partial charge in [-0.25, -0.2) is 0 Å². The highest BCUT2D eigenvalue weighted by Gasteiger charge is 2.30. The van der Waals surface area contributed by atoms with Crippen LogP contribution in [0.15, 0.2) is 12.7 Å². The molecule has 1 rings (SSSR count). The molecule has 0 spiro atoms. The smallest absolute Gasteiger partial charge is 0.0468 e. The van der Waals surface area contributed by atoms with Crippen LogP contribution in [0.1, 0.15) is 20.3 Å². The Hall–Kier alpha value is -0.0100. The monoisotopic (exact) mass is 187 g/mol. The highest BCUT2D eigenvalue weighted by molar-refractivity contribution is 6.20. The molecule has 0 radical (unpaired) electrons. The van der Waals surface area contributed by atoms with Crippen molar-refractivity contribution in [1.82, 2.24) is 4.90 Å². The molecular weight excluding hydrogens is 170 g/mol. The molecule has 0 N–H and O–H groups in total. The molecule has 1 aliphatic heterocycles. The Bertz CT molecular complexity index is 165. The Balaban J connectivity index is 2.51. The molecular formula is C10H18ClN. The van der Waals surface area contributed by atoms with Gasteiger partial charge >= 0.3 is 0 Å². The number of halogens is 1. The zero-order chi connectivity index (χ0) is 9.19. The Morgan fingerprint density at radius 2 is 2.33 bits per heavy atom. The summed E-state index contributed by atoms with van der Waals surface area (Å²) in [6.07, 6.45) is 3.08. The second kappa shape index (κ2) is 3.80. The number of rotatable bonds is 2. The first-order chi connectivity index (χ1) is 5.53. The van der Waals surface area contributed by atoms with Gasteiger partial charge < -0.3 is 0 Å². The number of hydrogen-bond donors (Lipinski definition) is 0. The van der Waals surface area contributed by atoms with Crippen molar-refractivity contribution in [1.29, 1.82) is 0 Å². The molecule has 1 saturated heterocycles. The lowest BCUT2D eigenvalue weighted by Crippen LogP contribution is -2.45. The van der Waals surface area contributed by atoms with Crippen LogP contribution in [0.3, 0.4) is 0 Å². The minimum absolute atomic E-state index is 0.314. The van der Waals surface area contributed by atoms with E-state index >= 15 is 0 Å². The van der Waals surface area contributed by atoms with Gasteiger partial charge in [0.25, 0.3) is 0 Å². The van der Waals surface area contributed by atoms with Gasteiger partial charge in [0.1, 0.15) is 0 Å². The molecule has 0 amide bonds. The van der Waals surface area contributed by atoms with Crippen LogP contribution in [0.25, 0.3) is 0 Å². The Kier molecular flexibility index (Phi) is 3.19. The third-order valence-electron chi connectivity index (χ3n) is 2.27. The summed E-state index contributed by atoms with van der Waals surface area (Å²) in [5.74, 6) is 0. The molecule has 70 valence electrons. The summed E-state index contributed by atoms with van der Waals surface area (Å²) in [5, 5.41) is 0.314.